The van der Waals surface area contributed by atoms with Crippen molar-refractivity contribution in [3.8, 4) is 11.5 Å². The fourth-order valence-electron chi connectivity index (χ4n) is 1.81. The van der Waals surface area contributed by atoms with Crippen LogP contribution in [0.15, 0.2) is 51.8 Å². The number of phenols is 1. The van der Waals surface area contributed by atoms with Crippen LogP contribution in [-0.2, 0) is 9.84 Å². The van der Waals surface area contributed by atoms with Crippen molar-refractivity contribution in [2.45, 2.75) is 4.90 Å². The second-order valence-electron chi connectivity index (χ2n) is 4.61. The van der Waals surface area contributed by atoms with Crippen LogP contribution in [0.5, 0.6) is 11.5 Å². The molecule has 2 rings (SSSR count). The highest BCUT2D eigenvalue weighted by Crippen LogP contribution is 2.24. The molecule has 122 valence electrons. The molecule has 0 unspecified atom stereocenters. The monoisotopic (exact) mass is 400 g/mol. The summed E-state index contributed by atoms with van der Waals surface area (Å²) < 4.78 is 30.3. The molecule has 0 saturated carbocycles. The molecule has 0 amide bonds. The van der Waals surface area contributed by atoms with E-state index in [9.17, 15) is 18.3 Å². The van der Waals surface area contributed by atoms with E-state index in [1.807, 2.05) is 0 Å². The zero-order valence-electron chi connectivity index (χ0n) is 11.8. The molecule has 0 heterocycles. The number of rotatable bonds is 6. The normalized spacial score (nSPS) is 11.2. The first-order chi connectivity index (χ1) is 10.8. The Kier molecular flexibility index (Phi) is 5.27. The summed E-state index contributed by atoms with van der Waals surface area (Å²) in [6.07, 6.45) is 0. The fraction of sp³-hybridized carbons (Fsp3) is 0.133. The molecule has 0 bridgehead atoms. The second kappa shape index (κ2) is 7.01. The van der Waals surface area contributed by atoms with Crippen LogP contribution in [0.2, 0.25) is 0 Å². The van der Waals surface area contributed by atoms with Gasteiger partial charge < -0.3 is 14.9 Å². The maximum Gasteiger partial charge on any atom is 0.339 e. The SMILES string of the molecule is O=C(O)c1ccc(OCCS(=O)(=O)c2ccc(Br)cc2)cc1O. The van der Waals surface area contributed by atoms with Gasteiger partial charge in [-0.2, -0.15) is 0 Å². The lowest BCUT2D eigenvalue weighted by atomic mass is 10.2. The van der Waals surface area contributed by atoms with Crippen LogP contribution in [-0.4, -0.2) is 37.0 Å². The van der Waals surface area contributed by atoms with Crippen molar-refractivity contribution < 1.29 is 28.2 Å². The Hall–Kier alpha value is -2.06. The molecule has 0 aliphatic rings. The van der Waals surface area contributed by atoms with Gasteiger partial charge in [-0.1, -0.05) is 15.9 Å². The molecular weight excluding hydrogens is 388 g/mol. The van der Waals surface area contributed by atoms with Gasteiger partial charge in [-0.15, -0.1) is 0 Å². The summed E-state index contributed by atoms with van der Waals surface area (Å²) in [5, 5.41) is 18.3. The van der Waals surface area contributed by atoms with Gasteiger partial charge in [-0.25, -0.2) is 13.2 Å². The average molecular weight is 401 g/mol. The van der Waals surface area contributed by atoms with Gasteiger partial charge in [0.25, 0.3) is 0 Å². The van der Waals surface area contributed by atoms with Crippen molar-refractivity contribution in [2.75, 3.05) is 12.4 Å². The number of aromatic hydroxyl groups is 1. The van der Waals surface area contributed by atoms with E-state index in [4.69, 9.17) is 9.84 Å². The zero-order chi connectivity index (χ0) is 17.0. The number of benzene rings is 2. The molecule has 0 fully saturated rings. The molecule has 0 radical (unpaired) electrons. The summed E-state index contributed by atoms with van der Waals surface area (Å²) >= 11 is 3.23. The van der Waals surface area contributed by atoms with Gasteiger partial charge in [0.1, 0.15) is 23.7 Å². The van der Waals surface area contributed by atoms with Crippen molar-refractivity contribution in [2.24, 2.45) is 0 Å². The molecule has 0 atom stereocenters. The Morgan fingerprint density at radius 1 is 1.13 bits per heavy atom. The van der Waals surface area contributed by atoms with E-state index in [0.29, 0.717) is 0 Å². The Labute approximate surface area is 141 Å². The topological polar surface area (TPSA) is 101 Å². The van der Waals surface area contributed by atoms with E-state index in [1.165, 1.54) is 24.3 Å². The van der Waals surface area contributed by atoms with Crippen LogP contribution < -0.4 is 4.74 Å². The maximum absolute atomic E-state index is 12.1. The first-order valence-electron chi connectivity index (χ1n) is 6.47. The quantitative estimate of drug-likeness (QED) is 0.772. The lowest BCUT2D eigenvalue weighted by Gasteiger charge is -2.08. The number of carboxylic acids is 1. The standard InChI is InChI=1S/C15H13BrO6S/c16-10-1-4-12(5-2-10)23(20,21)8-7-22-11-3-6-13(15(18)19)14(17)9-11/h1-6,9,17H,7-8H2,(H,18,19). The van der Waals surface area contributed by atoms with Crippen molar-refractivity contribution >= 4 is 31.7 Å². The lowest BCUT2D eigenvalue weighted by Crippen LogP contribution is -2.14. The van der Waals surface area contributed by atoms with Crippen molar-refractivity contribution in [1.82, 2.24) is 0 Å². The largest absolute Gasteiger partial charge is 0.507 e. The Morgan fingerprint density at radius 3 is 2.35 bits per heavy atom. The van der Waals surface area contributed by atoms with Gasteiger partial charge in [-0.3, -0.25) is 0 Å². The van der Waals surface area contributed by atoms with Crippen LogP contribution >= 0.6 is 15.9 Å². The Bertz CT molecular complexity index is 814. The number of sulfone groups is 1. The Morgan fingerprint density at radius 2 is 1.78 bits per heavy atom. The van der Waals surface area contributed by atoms with Crippen molar-refractivity contribution in [3.63, 3.8) is 0 Å². The minimum Gasteiger partial charge on any atom is -0.507 e. The maximum atomic E-state index is 12.1. The summed E-state index contributed by atoms with van der Waals surface area (Å²) in [5.41, 5.74) is -0.250. The number of ether oxygens (including phenoxy) is 1. The van der Waals surface area contributed by atoms with Crippen LogP contribution in [0.4, 0.5) is 0 Å². The van der Waals surface area contributed by atoms with E-state index in [0.717, 1.165) is 10.5 Å². The van der Waals surface area contributed by atoms with Crippen LogP contribution in [0.25, 0.3) is 0 Å². The lowest BCUT2D eigenvalue weighted by molar-refractivity contribution is 0.0693. The van der Waals surface area contributed by atoms with Gasteiger partial charge in [0, 0.05) is 10.5 Å². The van der Waals surface area contributed by atoms with Gasteiger partial charge >= 0.3 is 5.97 Å². The summed E-state index contributed by atoms with van der Waals surface area (Å²) in [7, 11) is -3.48. The van der Waals surface area contributed by atoms with Gasteiger partial charge in [0.05, 0.1) is 10.6 Å². The summed E-state index contributed by atoms with van der Waals surface area (Å²) in [4.78, 5) is 11.0. The van der Waals surface area contributed by atoms with Crippen molar-refractivity contribution in [3.05, 3.63) is 52.5 Å². The van der Waals surface area contributed by atoms with Crippen LogP contribution in [0.3, 0.4) is 0 Å². The summed E-state index contributed by atoms with van der Waals surface area (Å²) in [6.45, 7) is -0.121. The molecule has 0 saturated heterocycles. The highest BCUT2D eigenvalue weighted by atomic mass is 79.9. The van der Waals surface area contributed by atoms with E-state index >= 15 is 0 Å². The van der Waals surface area contributed by atoms with Gasteiger partial charge in [0.15, 0.2) is 9.84 Å². The minimum absolute atomic E-state index is 0.121. The predicted octanol–water partition coefficient (Wildman–Crippen LogP) is 2.71. The molecule has 0 aliphatic carbocycles. The second-order valence-corrected chi connectivity index (χ2v) is 7.63. The number of aromatic carboxylic acids is 1. The minimum atomic E-state index is -3.48. The third-order valence-electron chi connectivity index (χ3n) is 2.99. The number of hydrogen-bond acceptors (Lipinski definition) is 5. The third-order valence-corrected chi connectivity index (χ3v) is 5.22. The number of hydrogen-bond donors (Lipinski definition) is 2. The molecule has 6 nitrogen and oxygen atoms in total. The average Bonchev–Trinajstić information content (AvgIpc) is 2.47. The van der Waals surface area contributed by atoms with Crippen molar-refractivity contribution in [1.29, 1.82) is 0 Å². The third kappa shape index (κ3) is 4.46. The van der Waals surface area contributed by atoms with Gasteiger partial charge in [0.2, 0.25) is 0 Å². The van der Waals surface area contributed by atoms with Gasteiger partial charge in [-0.05, 0) is 36.4 Å². The zero-order valence-corrected chi connectivity index (χ0v) is 14.2. The summed E-state index contributed by atoms with van der Waals surface area (Å²) in [5.74, 6) is -1.74. The number of carbonyl (C=O) groups is 1. The molecule has 0 aromatic heterocycles. The number of carboxylic acid groups (broad SMARTS) is 1. The first-order valence-corrected chi connectivity index (χ1v) is 8.91. The summed E-state index contributed by atoms with van der Waals surface area (Å²) in [6, 6.07) is 9.94. The predicted molar refractivity (Wildman–Crippen MR) is 86.8 cm³/mol. The molecule has 0 aliphatic heterocycles. The highest BCUT2D eigenvalue weighted by molar-refractivity contribution is 9.10. The smallest absolute Gasteiger partial charge is 0.339 e. The molecular formula is C15H13BrO6S. The highest BCUT2D eigenvalue weighted by Gasteiger charge is 2.15. The van der Waals surface area contributed by atoms with E-state index in [-0.39, 0.29) is 28.6 Å². The molecule has 2 N–H and O–H groups in total. The molecule has 8 heteroatoms. The first kappa shape index (κ1) is 17.3. The van der Waals surface area contributed by atoms with Crippen LogP contribution in [0, 0.1) is 0 Å². The molecule has 2 aromatic rings. The van der Waals surface area contributed by atoms with Crippen LogP contribution in [0.1, 0.15) is 10.4 Å². The van der Waals surface area contributed by atoms with E-state index in [1.54, 1.807) is 12.1 Å². The Balaban J connectivity index is 2.00. The number of halogens is 1. The molecule has 2 aromatic carbocycles. The fourth-order valence-corrected chi connectivity index (χ4v) is 3.16. The van der Waals surface area contributed by atoms with E-state index in [2.05, 4.69) is 15.9 Å². The molecule has 23 heavy (non-hydrogen) atoms. The molecule has 0 spiro atoms. The van der Waals surface area contributed by atoms with E-state index < -0.39 is 21.6 Å².